The minimum Gasteiger partial charge on any atom is -0.378 e. The predicted octanol–water partition coefficient (Wildman–Crippen LogP) is 4.43. The summed E-state index contributed by atoms with van der Waals surface area (Å²) in [6.45, 7) is 7.71. The molecular formula is C21H23N3O. The minimum atomic E-state index is 0.805. The monoisotopic (exact) mass is 333 g/mol. The van der Waals surface area contributed by atoms with Crippen LogP contribution in [0.25, 0.3) is 10.9 Å². The van der Waals surface area contributed by atoms with E-state index in [4.69, 9.17) is 9.72 Å². The van der Waals surface area contributed by atoms with Gasteiger partial charge in [-0.1, -0.05) is 12.1 Å². The van der Waals surface area contributed by atoms with Crippen molar-refractivity contribution >= 4 is 28.1 Å². The van der Waals surface area contributed by atoms with E-state index in [1.165, 1.54) is 16.6 Å². The fourth-order valence-corrected chi connectivity index (χ4v) is 3.22. The highest BCUT2D eigenvalue weighted by atomic mass is 16.5. The molecule has 1 N–H and O–H groups in total. The third kappa shape index (κ3) is 3.44. The molecular weight excluding hydrogens is 310 g/mol. The van der Waals surface area contributed by atoms with E-state index in [1.54, 1.807) is 0 Å². The fraction of sp³-hybridized carbons (Fsp3) is 0.286. The molecule has 3 aromatic rings. The van der Waals surface area contributed by atoms with Crippen LogP contribution in [0.3, 0.4) is 0 Å². The quantitative estimate of drug-likeness (QED) is 0.769. The molecule has 25 heavy (non-hydrogen) atoms. The van der Waals surface area contributed by atoms with E-state index in [2.05, 4.69) is 72.6 Å². The Hall–Kier alpha value is -2.59. The molecule has 1 aliphatic rings. The lowest BCUT2D eigenvalue weighted by Crippen LogP contribution is -2.36. The average molecular weight is 333 g/mol. The van der Waals surface area contributed by atoms with Crippen LogP contribution in [0.15, 0.2) is 48.5 Å². The van der Waals surface area contributed by atoms with Crippen LogP contribution in [0.4, 0.5) is 17.2 Å². The van der Waals surface area contributed by atoms with Gasteiger partial charge in [0.15, 0.2) is 0 Å². The first-order valence-electron chi connectivity index (χ1n) is 8.77. The molecule has 4 nitrogen and oxygen atoms in total. The number of hydrogen-bond acceptors (Lipinski definition) is 4. The summed E-state index contributed by atoms with van der Waals surface area (Å²) >= 11 is 0. The van der Waals surface area contributed by atoms with Gasteiger partial charge in [0, 0.05) is 29.9 Å². The summed E-state index contributed by atoms with van der Waals surface area (Å²) in [7, 11) is 0. The molecule has 1 fully saturated rings. The number of nitrogens with one attached hydrogen (secondary N) is 1. The number of pyridine rings is 1. The van der Waals surface area contributed by atoms with E-state index in [0.29, 0.717) is 0 Å². The zero-order valence-corrected chi connectivity index (χ0v) is 14.7. The smallest absolute Gasteiger partial charge is 0.134 e. The summed E-state index contributed by atoms with van der Waals surface area (Å²) in [6.07, 6.45) is 0. The first-order chi connectivity index (χ1) is 12.2. The highest BCUT2D eigenvalue weighted by Gasteiger charge is 2.11. The molecule has 0 radical (unpaired) electrons. The number of aromatic nitrogens is 1. The number of anilines is 3. The van der Waals surface area contributed by atoms with E-state index in [0.717, 1.165) is 48.9 Å². The van der Waals surface area contributed by atoms with Gasteiger partial charge in [0.05, 0.1) is 18.7 Å². The number of benzene rings is 2. The first-order valence-corrected chi connectivity index (χ1v) is 8.77. The molecule has 0 amide bonds. The van der Waals surface area contributed by atoms with E-state index in [1.807, 2.05) is 0 Å². The van der Waals surface area contributed by atoms with Crippen LogP contribution < -0.4 is 10.2 Å². The Kier molecular flexibility index (Phi) is 4.28. The minimum absolute atomic E-state index is 0.805. The van der Waals surface area contributed by atoms with E-state index in [9.17, 15) is 0 Å². The zero-order valence-electron chi connectivity index (χ0n) is 14.7. The number of rotatable bonds is 3. The lowest BCUT2D eigenvalue weighted by molar-refractivity contribution is 0.122. The summed E-state index contributed by atoms with van der Waals surface area (Å²) in [5.74, 6) is 0.914. The molecule has 2 aromatic carbocycles. The molecule has 1 saturated heterocycles. The average Bonchev–Trinajstić information content (AvgIpc) is 2.64. The summed E-state index contributed by atoms with van der Waals surface area (Å²) in [6, 6.07) is 17.1. The second-order valence-electron chi connectivity index (χ2n) is 6.62. The molecule has 0 spiro atoms. The molecule has 2 heterocycles. The Balaban J connectivity index is 1.57. The van der Waals surface area contributed by atoms with Crippen molar-refractivity contribution in [1.82, 2.24) is 4.98 Å². The molecule has 0 bridgehead atoms. The number of ether oxygens (including phenoxy) is 1. The Morgan fingerprint density at radius 3 is 2.48 bits per heavy atom. The van der Waals surface area contributed by atoms with E-state index >= 15 is 0 Å². The number of nitrogens with zero attached hydrogens (tertiary/aromatic N) is 2. The molecule has 0 unspecified atom stereocenters. The Bertz CT molecular complexity index is 884. The molecule has 4 heteroatoms. The van der Waals surface area contributed by atoms with Crippen molar-refractivity contribution in [3.8, 4) is 0 Å². The molecule has 1 aromatic heterocycles. The Morgan fingerprint density at radius 2 is 1.72 bits per heavy atom. The predicted molar refractivity (Wildman–Crippen MR) is 104 cm³/mol. The summed E-state index contributed by atoms with van der Waals surface area (Å²) in [4.78, 5) is 7.16. The maximum absolute atomic E-state index is 5.42. The van der Waals surface area contributed by atoms with Gasteiger partial charge >= 0.3 is 0 Å². The Morgan fingerprint density at radius 1 is 0.960 bits per heavy atom. The first kappa shape index (κ1) is 15.9. The third-order valence-electron chi connectivity index (χ3n) is 4.67. The standard InChI is InChI=1S/C21H23N3O/c1-15-3-4-17-14-16(2)21(23-20(17)13-15)22-18-5-7-19(8-6-18)24-9-11-25-12-10-24/h3-8,13-14H,9-12H2,1-2H3,(H,22,23). The van der Waals surface area contributed by atoms with Crippen LogP contribution >= 0.6 is 0 Å². The molecule has 1 aliphatic heterocycles. The molecule has 0 atom stereocenters. The Labute approximate surface area is 148 Å². The summed E-state index contributed by atoms with van der Waals surface area (Å²) in [5, 5.41) is 4.64. The maximum atomic E-state index is 5.42. The van der Waals surface area contributed by atoms with Crippen LogP contribution in [0.2, 0.25) is 0 Å². The van der Waals surface area contributed by atoms with Crippen molar-refractivity contribution in [2.75, 3.05) is 36.5 Å². The van der Waals surface area contributed by atoms with Crippen LogP contribution in [-0.4, -0.2) is 31.3 Å². The van der Waals surface area contributed by atoms with Crippen LogP contribution in [0.1, 0.15) is 11.1 Å². The number of aryl methyl sites for hydroxylation is 2. The van der Waals surface area contributed by atoms with Gasteiger partial charge in [0.1, 0.15) is 5.82 Å². The summed E-state index contributed by atoms with van der Waals surface area (Å²) < 4.78 is 5.42. The van der Waals surface area contributed by atoms with Gasteiger partial charge in [0.25, 0.3) is 0 Å². The van der Waals surface area contributed by atoms with Gasteiger partial charge < -0.3 is 15.0 Å². The van der Waals surface area contributed by atoms with Gasteiger partial charge in [0.2, 0.25) is 0 Å². The highest BCUT2D eigenvalue weighted by molar-refractivity contribution is 5.83. The normalized spacial score (nSPS) is 14.7. The van der Waals surface area contributed by atoms with Gasteiger partial charge in [-0.3, -0.25) is 0 Å². The van der Waals surface area contributed by atoms with Crippen molar-refractivity contribution in [3.05, 3.63) is 59.7 Å². The number of morpholine rings is 1. The highest BCUT2D eigenvalue weighted by Crippen LogP contribution is 2.25. The van der Waals surface area contributed by atoms with E-state index in [-0.39, 0.29) is 0 Å². The lowest BCUT2D eigenvalue weighted by atomic mass is 10.1. The van der Waals surface area contributed by atoms with Crippen LogP contribution in [-0.2, 0) is 4.74 Å². The molecule has 0 saturated carbocycles. The van der Waals surface area contributed by atoms with Gasteiger partial charge in [-0.15, -0.1) is 0 Å². The summed E-state index contributed by atoms with van der Waals surface area (Å²) in [5.41, 5.74) is 5.70. The SMILES string of the molecule is Cc1ccc2cc(C)c(Nc3ccc(N4CCOCC4)cc3)nc2c1. The van der Waals surface area contributed by atoms with Crippen LogP contribution in [0, 0.1) is 13.8 Å². The molecule has 0 aliphatic carbocycles. The van der Waals surface area contributed by atoms with Crippen molar-refractivity contribution < 1.29 is 4.74 Å². The van der Waals surface area contributed by atoms with Crippen molar-refractivity contribution in [2.45, 2.75) is 13.8 Å². The van der Waals surface area contributed by atoms with Crippen molar-refractivity contribution in [1.29, 1.82) is 0 Å². The van der Waals surface area contributed by atoms with Gasteiger partial charge in [-0.25, -0.2) is 4.98 Å². The second-order valence-corrected chi connectivity index (χ2v) is 6.62. The van der Waals surface area contributed by atoms with Crippen molar-refractivity contribution in [2.24, 2.45) is 0 Å². The lowest BCUT2D eigenvalue weighted by Gasteiger charge is -2.29. The number of fused-ring (bicyclic) bond motifs is 1. The van der Waals surface area contributed by atoms with Gasteiger partial charge in [-0.2, -0.15) is 0 Å². The largest absolute Gasteiger partial charge is 0.378 e. The third-order valence-corrected chi connectivity index (χ3v) is 4.67. The van der Waals surface area contributed by atoms with Crippen LogP contribution in [0.5, 0.6) is 0 Å². The zero-order chi connectivity index (χ0) is 17.2. The second kappa shape index (κ2) is 6.73. The maximum Gasteiger partial charge on any atom is 0.134 e. The molecule has 4 rings (SSSR count). The topological polar surface area (TPSA) is 37.4 Å². The van der Waals surface area contributed by atoms with E-state index < -0.39 is 0 Å². The fourth-order valence-electron chi connectivity index (χ4n) is 3.22. The van der Waals surface area contributed by atoms with Crippen molar-refractivity contribution in [3.63, 3.8) is 0 Å². The number of hydrogen-bond donors (Lipinski definition) is 1. The molecule has 128 valence electrons. The van der Waals surface area contributed by atoms with Gasteiger partial charge in [-0.05, 0) is 61.4 Å².